The normalized spacial score (nSPS) is 19.5. The topological polar surface area (TPSA) is 390 Å². The van der Waals surface area contributed by atoms with Crippen LogP contribution >= 0.6 is 93.2 Å². The number of anilines is 2. The standard InChI is InChI=1S/C29H26BN5O7S3.C22H22N2O4S2.C15H17N5O6S3.K/c1-40-15-45-19-14-43-26-21(32-24(36)20(34-41-2)18-13-44-29(31-18)33-28(30)39)25(37)35(26)22(19)27(38)42-23(16-9-5-3-6-10-16)17-11-7-4-8-12-17;1-27-13-30-16-12-29-21-17(23)20(25)24(21)18(16)22(26)28-19(14-8-4-2-5-9-14)15-10-6-3-7-11-15;1-25-5-29-7-4-27-13-9(12(22)20(13)10(7)14(23)24)18-11(21)8(19-26-2)6-3-28-15(16)17-6;/h3-13,21,23,26H,14-15H2,1-2H3,(H,32,36)(H,31,33,39);2-11,17,19,21H,12-13,23H2,1H3;3,9,13H,4-5H2,1-2H3,(H2,16,17)(H,18,21)(H,23,24);/q;;;+1/p-1/b34-20-;;19-8-;/t21-,26-;17-,21-;9-,13-;/m111./s1. The number of carboxylic acid groups (broad SMARTS) is 1. The Kier molecular flexibility index (Phi) is 30.6. The first-order valence-corrected chi connectivity index (χ1v) is 38.7. The minimum absolute atomic E-state index is 0. The second kappa shape index (κ2) is 39.2. The summed E-state index contributed by atoms with van der Waals surface area (Å²) in [6.07, 6.45) is -1.31. The number of esters is 2. The number of thioether (sulfide) groups is 6. The SMILES string of the molecule is COCSC1=C(C(=O)OC(c2ccccc2)c2ccccc2)N2C(=O)[C@@H](N)[C@H]2SC1.COCSC1=C(C(=O)[O-])N2C(=O)[C@@H](NC(=O)/C(=N\OC)c3csc(N)n3)[C@H]2SC1.[B]C(=O)Nc1nc(/C(=N/OC)C(=O)N[C@@H]2C(=O)N3C(C(=O)OC(c4ccccc4)c4ccccc4)=C(SCOC)CS[C@H]23)cs1.[K+]. The van der Waals surface area contributed by atoms with Crippen LogP contribution in [0.1, 0.15) is 45.8 Å². The predicted octanol–water partition coefficient (Wildman–Crippen LogP) is 2.36. The number of nitrogens with two attached hydrogens (primary N) is 2. The van der Waals surface area contributed by atoms with E-state index in [0.717, 1.165) is 54.7 Å². The van der Waals surface area contributed by atoms with Crippen molar-refractivity contribution in [2.24, 2.45) is 16.0 Å². The Morgan fingerprint density at radius 3 is 1.29 bits per heavy atom. The molecule has 3 saturated heterocycles. The van der Waals surface area contributed by atoms with Crippen molar-refractivity contribution in [3.63, 3.8) is 0 Å². The third kappa shape index (κ3) is 19.5. The van der Waals surface area contributed by atoms with Crippen molar-refractivity contribution < 1.29 is 133 Å². The van der Waals surface area contributed by atoms with Gasteiger partial charge in [-0.2, -0.15) is 0 Å². The zero-order chi connectivity index (χ0) is 74.1. The number of aliphatic carboxylic acids is 1. The number of aromatic nitrogens is 2. The van der Waals surface area contributed by atoms with Crippen LogP contribution < -0.4 is 83.9 Å². The first-order valence-electron chi connectivity index (χ1n) is 30.9. The van der Waals surface area contributed by atoms with Crippen LogP contribution in [-0.4, -0.2) is 202 Å². The van der Waals surface area contributed by atoms with Gasteiger partial charge in [0.05, 0.1) is 29.5 Å². The number of carbonyl (C=O) groups excluding carboxylic acids is 9. The fraction of sp³-hybridized carbons (Fsp3) is 0.288. The van der Waals surface area contributed by atoms with Gasteiger partial charge in [0, 0.05) is 64.1 Å². The number of benzene rings is 4. The number of nitrogens with one attached hydrogen (secondary N) is 3. The third-order valence-electron chi connectivity index (χ3n) is 15.4. The van der Waals surface area contributed by atoms with Crippen molar-refractivity contribution in [3.8, 4) is 0 Å². The van der Waals surface area contributed by atoms with Gasteiger partial charge in [-0.15, -0.1) is 58.0 Å². The van der Waals surface area contributed by atoms with Crippen LogP contribution in [-0.2, 0) is 71.7 Å². The average molecular weight is 1600 g/mol. The zero-order valence-corrected chi connectivity index (χ0v) is 66.3. The molecule has 0 saturated carbocycles. The van der Waals surface area contributed by atoms with Crippen LogP contribution in [0.5, 0.6) is 0 Å². The predicted molar refractivity (Wildman–Crippen MR) is 398 cm³/mol. The van der Waals surface area contributed by atoms with Crippen LogP contribution in [0.15, 0.2) is 174 Å². The minimum Gasteiger partial charge on any atom is -0.543 e. The van der Waals surface area contributed by atoms with Crippen molar-refractivity contribution in [1.29, 1.82) is 0 Å². The smallest absolute Gasteiger partial charge is 0.543 e. The molecule has 6 atom stereocenters. The molecule has 12 rings (SSSR count). The minimum atomic E-state index is -1.45. The fourth-order valence-electron chi connectivity index (χ4n) is 10.8. The Morgan fingerprint density at radius 2 is 0.924 bits per heavy atom. The van der Waals surface area contributed by atoms with Crippen LogP contribution in [0.25, 0.3) is 0 Å². The number of carboxylic acids is 1. The molecular formula is C66H64BKN12O17S8. The van der Waals surface area contributed by atoms with Crippen molar-refractivity contribution in [2.75, 3.05) is 81.7 Å². The summed E-state index contributed by atoms with van der Waals surface area (Å²) in [4.78, 5) is 138. The second-order valence-corrected chi connectivity index (χ2v) is 30.1. The van der Waals surface area contributed by atoms with E-state index in [9.17, 15) is 48.3 Å². The second-order valence-electron chi connectivity index (χ2n) is 22.0. The summed E-state index contributed by atoms with van der Waals surface area (Å²) < 4.78 is 27.5. The first kappa shape index (κ1) is 82.0. The molecule has 2 radical (unpaired) electrons. The average Bonchev–Trinajstić information content (AvgIpc) is 0.767. The molecule has 105 heavy (non-hydrogen) atoms. The van der Waals surface area contributed by atoms with Gasteiger partial charge in [-0.3, -0.25) is 43.5 Å². The van der Waals surface area contributed by atoms with E-state index >= 15 is 0 Å². The van der Waals surface area contributed by atoms with E-state index in [0.29, 0.717) is 33.0 Å². The summed E-state index contributed by atoms with van der Waals surface area (Å²) in [6, 6.07) is 35.3. The molecule has 6 aliphatic rings. The van der Waals surface area contributed by atoms with E-state index in [1.54, 1.807) is 26.0 Å². The Bertz CT molecular complexity index is 4260. The monoisotopic (exact) mass is 1600 g/mol. The molecule has 0 bridgehead atoms. The number of hydrogen-bond donors (Lipinski definition) is 5. The molecule has 3 fully saturated rings. The van der Waals surface area contributed by atoms with Gasteiger partial charge in [0.2, 0.25) is 13.8 Å². The largest absolute Gasteiger partial charge is 1.00 e. The first-order chi connectivity index (χ1) is 50.3. The van der Waals surface area contributed by atoms with E-state index < -0.39 is 88.4 Å². The number of β-lactam (4-membered cyclic amide) rings is 3. The van der Waals surface area contributed by atoms with Gasteiger partial charge in [-0.25, -0.2) is 19.6 Å². The molecule has 6 aliphatic heterocycles. The Morgan fingerprint density at radius 1 is 0.562 bits per heavy atom. The summed E-state index contributed by atoms with van der Waals surface area (Å²) in [7, 11) is 12.3. The summed E-state index contributed by atoms with van der Waals surface area (Å²) in [5.41, 5.74) is 15.0. The van der Waals surface area contributed by atoms with Crippen molar-refractivity contribution >= 4 is 176 Å². The zero-order valence-electron chi connectivity index (χ0n) is 56.6. The number of methoxy groups -OCH3 is 3. The molecule has 0 unspecified atom stereocenters. The molecular weight excluding hydrogens is 1540 g/mol. The quantitative estimate of drug-likeness (QED) is 0.0123. The molecule has 6 amide bonds. The number of oxime groups is 2. The van der Waals surface area contributed by atoms with Crippen LogP contribution in [0, 0.1) is 0 Å². The van der Waals surface area contributed by atoms with Crippen LogP contribution in [0.4, 0.5) is 15.1 Å². The number of rotatable bonds is 27. The number of fused-ring (bicyclic) bond motifs is 3. The fourth-order valence-corrected chi connectivity index (χ4v) is 18.9. The molecule has 4 aromatic carbocycles. The Balaban J connectivity index is 0.000000188. The van der Waals surface area contributed by atoms with E-state index in [4.69, 9.17) is 52.7 Å². The Labute approximate surface area is 679 Å². The maximum atomic E-state index is 13.9. The van der Waals surface area contributed by atoms with E-state index in [2.05, 4.69) is 36.2 Å². The maximum absolute atomic E-state index is 13.9. The van der Waals surface area contributed by atoms with Gasteiger partial charge in [0.1, 0.15) is 71.2 Å². The number of ether oxygens (including phenoxy) is 5. The maximum Gasteiger partial charge on any atom is 1.00 e. The summed E-state index contributed by atoms with van der Waals surface area (Å²) in [5.74, 6) is -4.00. The summed E-state index contributed by atoms with van der Waals surface area (Å²) in [6.45, 7) is 0. The number of amides is 6. The number of nitrogen functional groups attached to an aromatic ring is 1. The number of hydrogen-bond acceptors (Lipinski definition) is 31. The van der Waals surface area contributed by atoms with E-state index in [-0.39, 0.29) is 125 Å². The number of thiazole rings is 2. The molecule has 6 aromatic rings. The molecule has 2 aromatic heterocycles. The summed E-state index contributed by atoms with van der Waals surface area (Å²) >= 11 is 10.3. The van der Waals surface area contributed by atoms with Gasteiger partial charge >= 0.3 is 63.3 Å². The molecule has 8 heterocycles. The van der Waals surface area contributed by atoms with Crippen LogP contribution in [0.3, 0.4) is 0 Å². The molecule has 29 nitrogen and oxygen atoms in total. The number of carbonyl (C=O) groups is 9. The van der Waals surface area contributed by atoms with Crippen molar-refractivity contribution in [3.05, 3.63) is 198 Å². The summed E-state index contributed by atoms with van der Waals surface area (Å²) in [5, 5.41) is 28.7. The molecule has 542 valence electrons. The van der Waals surface area contributed by atoms with Gasteiger partial charge in [0.25, 0.3) is 23.6 Å². The molecule has 7 N–H and O–H groups in total. The Hall–Kier alpha value is -7.03. The molecule has 0 aliphatic carbocycles. The number of nitrogens with zero attached hydrogens (tertiary/aromatic N) is 7. The van der Waals surface area contributed by atoms with Crippen LogP contribution in [0.2, 0.25) is 0 Å². The van der Waals surface area contributed by atoms with Gasteiger partial charge in [0.15, 0.2) is 39.7 Å². The van der Waals surface area contributed by atoms with Gasteiger partial charge in [-0.1, -0.05) is 167 Å². The molecule has 39 heteroatoms. The van der Waals surface area contributed by atoms with Crippen molar-refractivity contribution in [1.82, 2.24) is 35.3 Å². The van der Waals surface area contributed by atoms with Gasteiger partial charge < -0.3 is 70.7 Å². The van der Waals surface area contributed by atoms with E-state index in [1.165, 1.54) is 101 Å². The van der Waals surface area contributed by atoms with Crippen molar-refractivity contribution in [2.45, 2.75) is 46.5 Å². The van der Waals surface area contributed by atoms with Gasteiger partial charge in [-0.05, 0) is 22.3 Å². The van der Waals surface area contributed by atoms with E-state index in [1.807, 2.05) is 121 Å². The third-order valence-corrected chi connectivity index (χ3v) is 24.4. The molecule has 0 spiro atoms.